The zero-order valence-corrected chi connectivity index (χ0v) is 16.9. The van der Waals surface area contributed by atoms with Crippen LogP contribution in [0.2, 0.25) is 0 Å². The molecular formula is C26H30. The smallest absolute Gasteiger partial charge is 0.0102 e. The van der Waals surface area contributed by atoms with E-state index in [2.05, 4.69) is 114 Å². The van der Waals surface area contributed by atoms with Gasteiger partial charge < -0.3 is 0 Å². The average molecular weight is 343 g/mol. The highest BCUT2D eigenvalue weighted by Crippen LogP contribution is 2.42. The summed E-state index contributed by atoms with van der Waals surface area (Å²) < 4.78 is 0. The highest BCUT2D eigenvalue weighted by atomic mass is 14.3. The molecule has 3 rings (SSSR count). The van der Waals surface area contributed by atoms with E-state index in [0.29, 0.717) is 0 Å². The van der Waals surface area contributed by atoms with E-state index in [0.717, 1.165) is 0 Å². The minimum absolute atomic E-state index is 0.0724. The second kappa shape index (κ2) is 6.76. The molecule has 0 nitrogen and oxygen atoms in total. The molecule has 0 aromatic heterocycles. The summed E-state index contributed by atoms with van der Waals surface area (Å²) in [5.74, 6) is 0. The molecule has 3 aromatic carbocycles. The molecule has 0 N–H and O–H groups in total. The van der Waals surface area contributed by atoms with Crippen molar-refractivity contribution < 1.29 is 0 Å². The van der Waals surface area contributed by atoms with E-state index in [4.69, 9.17) is 0 Å². The van der Waals surface area contributed by atoms with Crippen molar-refractivity contribution in [1.82, 2.24) is 0 Å². The standard InChI is InChI=1S/C26H30/c1-25(2,3)23-18-12-17-22(24(23)26(4,5)6)21-16-11-10-15-20(21)19-13-8-7-9-14-19/h7-18H,1-6H3. The third kappa shape index (κ3) is 3.60. The summed E-state index contributed by atoms with van der Waals surface area (Å²) in [5.41, 5.74) is 8.30. The van der Waals surface area contributed by atoms with Crippen LogP contribution < -0.4 is 0 Å². The number of rotatable bonds is 2. The fraction of sp³-hybridized carbons (Fsp3) is 0.308. The van der Waals surface area contributed by atoms with Crippen LogP contribution in [0.3, 0.4) is 0 Å². The van der Waals surface area contributed by atoms with Crippen LogP contribution in [0.1, 0.15) is 52.7 Å². The van der Waals surface area contributed by atoms with E-state index in [1.54, 1.807) is 0 Å². The summed E-state index contributed by atoms with van der Waals surface area (Å²) >= 11 is 0. The zero-order valence-electron chi connectivity index (χ0n) is 16.9. The molecule has 0 saturated carbocycles. The first-order chi connectivity index (χ1) is 12.2. The summed E-state index contributed by atoms with van der Waals surface area (Å²) in [6.45, 7) is 13.9. The molecular weight excluding hydrogens is 312 g/mol. The van der Waals surface area contributed by atoms with Crippen LogP contribution in [0.25, 0.3) is 22.3 Å². The lowest BCUT2D eigenvalue weighted by atomic mass is 9.72. The summed E-state index contributed by atoms with van der Waals surface area (Å²) in [4.78, 5) is 0. The van der Waals surface area contributed by atoms with Crippen molar-refractivity contribution in [2.75, 3.05) is 0 Å². The van der Waals surface area contributed by atoms with Gasteiger partial charge in [0.25, 0.3) is 0 Å². The Morgan fingerprint density at radius 3 is 1.58 bits per heavy atom. The highest BCUT2D eigenvalue weighted by Gasteiger charge is 2.28. The quantitative estimate of drug-likeness (QED) is 0.449. The number of hydrogen-bond acceptors (Lipinski definition) is 0. The van der Waals surface area contributed by atoms with Crippen molar-refractivity contribution in [1.29, 1.82) is 0 Å². The fourth-order valence-corrected chi connectivity index (χ4v) is 3.80. The Morgan fingerprint density at radius 2 is 1.00 bits per heavy atom. The molecule has 0 radical (unpaired) electrons. The van der Waals surface area contributed by atoms with Gasteiger partial charge in [-0.15, -0.1) is 0 Å². The first kappa shape index (κ1) is 18.5. The normalized spacial score (nSPS) is 12.2. The Balaban J connectivity index is 2.34. The molecule has 0 atom stereocenters. The van der Waals surface area contributed by atoms with Gasteiger partial charge >= 0.3 is 0 Å². The van der Waals surface area contributed by atoms with E-state index >= 15 is 0 Å². The van der Waals surface area contributed by atoms with E-state index in [1.165, 1.54) is 33.4 Å². The fourth-order valence-electron chi connectivity index (χ4n) is 3.80. The Kier molecular flexibility index (Phi) is 4.80. The summed E-state index contributed by atoms with van der Waals surface area (Å²) in [5, 5.41) is 0. The molecule has 3 aromatic rings. The largest absolute Gasteiger partial charge is 0.0622 e. The molecule has 0 aliphatic heterocycles. The molecule has 0 aliphatic carbocycles. The van der Waals surface area contributed by atoms with Crippen LogP contribution in [0.5, 0.6) is 0 Å². The minimum Gasteiger partial charge on any atom is -0.0622 e. The maximum Gasteiger partial charge on any atom is -0.0102 e. The molecule has 0 unspecified atom stereocenters. The van der Waals surface area contributed by atoms with Crippen LogP contribution in [0.15, 0.2) is 72.8 Å². The number of hydrogen-bond donors (Lipinski definition) is 0. The van der Waals surface area contributed by atoms with Crippen molar-refractivity contribution in [3.05, 3.63) is 83.9 Å². The molecule has 0 heteroatoms. The van der Waals surface area contributed by atoms with Crippen molar-refractivity contribution in [2.45, 2.75) is 52.4 Å². The van der Waals surface area contributed by atoms with Crippen LogP contribution in [-0.2, 0) is 10.8 Å². The van der Waals surface area contributed by atoms with Crippen LogP contribution >= 0.6 is 0 Å². The molecule has 134 valence electrons. The van der Waals surface area contributed by atoms with E-state index in [-0.39, 0.29) is 10.8 Å². The maximum atomic E-state index is 2.33. The lowest BCUT2D eigenvalue weighted by Crippen LogP contribution is -2.23. The Hall–Kier alpha value is -2.34. The molecule has 0 bridgehead atoms. The van der Waals surface area contributed by atoms with E-state index in [1.807, 2.05) is 0 Å². The van der Waals surface area contributed by atoms with Gasteiger partial charge in [0.2, 0.25) is 0 Å². The van der Waals surface area contributed by atoms with Crippen LogP contribution in [0, 0.1) is 0 Å². The van der Waals surface area contributed by atoms with Gasteiger partial charge in [0.15, 0.2) is 0 Å². The van der Waals surface area contributed by atoms with Crippen molar-refractivity contribution in [3.8, 4) is 22.3 Å². The predicted octanol–water partition coefficient (Wildman–Crippen LogP) is 7.62. The summed E-state index contributed by atoms with van der Waals surface area (Å²) in [6, 6.07) is 26.3. The third-order valence-electron chi connectivity index (χ3n) is 4.92. The van der Waals surface area contributed by atoms with E-state index in [9.17, 15) is 0 Å². The summed E-state index contributed by atoms with van der Waals surface area (Å²) in [6.07, 6.45) is 0. The number of benzene rings is 3. The maximum absolute atomic E-state index is 2.33. The van der Waals surface area contributed by atoms with E-state index < -0.39 is 0 Å². The topological polar surface area (TPSA) is 0 Å². The summed E-state index contributed by atoms with van der Waals surface area (Å²) in [7, 11) is 0. The van der Waals surface area contributed by atoms with Gasteiger partial charge in [-0.2, -0.15) is 0 Å². The molecule has 26 heavy (non-hydrogen) atoms. The monoisotopic (exact) mass is 342 g/mol. The van der Waals surface area contributed by atoms with Gasteiger partial charge in [-0.3, -0.25) is 0 Å². The lowest BCUT2D eigenvalue weighted by molar-refractivity contribution is 0.531. The molecule has 0 saturated heterocycles. The van der Waals surface area contributed by atoms with Gasteiger partial charge in [-0.1, -0.05) is 114 Å². The van der Waals surface area contributed by atoms with Crippen LogP contribution in [0.4, 0.5) is 0 Å². The first-order valence-electron chi connectivity index (χ1n) is 9.48. The average Bonchev–Trinajstić information content (AvgIpc) is 2.60. The molecule has 0 aliphatic rings. The SMILES string of the molecule is CC(C)(C)c1cccc(-c2ccccc2-c2ccccc2)c1C(C)(C)C. The second-order valence-electron chi connectivity index (χ2n) is 9.14. The zero-order chi connectivity index (χ0) is 18.9. The Labute approximate surface area is 158 Å². The van der Waals surface area contributed by atoms with Crippen molar-refractivity contribution in [3.63, 3.8) is 0 Å². The van der Waals surface area contributed by atoms with Gasteiger partial charge in [0.05, 0.1) is 0 Å². The lowest BCUT2D eigenvalue weighted by Gasteiger charge is -2.33. The Morgan fingerprint density at radius 1 is 0.462 bits per heavy atom. The van der Waals surface area contributed by atoms with Gasteiger partial charge in [0.1, 0.15) is 0 Å². The highest BCUT2D eigenvalue weighted by molar-refractivity contribution is 5.85. The van der Waals surface area contributed by atoms with Crippen molar-refractivity contribution in [2.24, 2.45) is 0 Å². The molecule has 0 amide bonds. The van der Waals surface area contributed by atoms with Gasteiger partial charge in [-0.25, -0.2) is 0 Å². The second-order valence-corrected chi connectivity index (χ2v) is 9.14. The Bertz CT molecular complexity index is 887. The molecule has 0 fully saturated rings. The van der Waals surface area contributed by atoms with Crippen molar-refractivity contribution >= 4 is 0 Å². The minimum atomic E-state index is 0.0724. The first-order valence-corrected chi connectivity index (χ1v) is 9.48. The predicted molar refractivity (Wildman–Crippen MR) is 115 cm³/mol. The van der Waals surface area contributed by atoms with Gasteiger partial charge in [-0.05, 0) is 44.2 Å². The molecule has 0 spiro atoms. The van der Waals surface area contributed by atoms with Gasteiger partial charge in [0, 0.05) is 0 Å². The molecule has 0 heterocycles. The third-order valence-corrected chi connectivity index (χ3v) is 4.92. The van der Waals surface area contributed by atoms with Crippen LogP contribution in [-0.4, -0.2) is 0 Å².